The number of amides is 1. The molecule has 0 aromatic carbocycles. The van der Waals surface area contributed by atoms with E-state index >= 15 is 0 Å². The average Bonchev–Trinajstić information content (AvgIpc) is 3.33. The van der Waals surface area contributed by atoms with E-state index in [0.717, 1.165) is 55.9 Å². The van der Waals surface area contributed by atoms with Crippen LogP contribution in [0.15, 0.2) is 18.3 Å². The lowest BCUT2D eigenvalue weighted by molar-refractivity contribution is -0.132. The van der Waals surface area contributed by atoms with Crippen LogP contribution in [-0.2, 0) is 11.3 Å². The number of likely N-dealkylation sites (tertiary alicyclic amines) is 2. The standard InChI is InChI=1S/C22H34N6O/c1-17-7-4-5-11-26(17)16-20(29)27-12-9-18(15-27)21-19-8-6-10-23-22(19)28(24-21)14-13-25(2)3/h6,8,10,17-18H,4-5,7,9,11-16H2,1-3H3/t17-,18+/m1/s1. The highest BCUT2D eigenvalue weighted by molar-refractivity contribution is 5.80. The molecule has 2 aliphatic heterocycles. The SMILES string of the molecule is C[C@@H]1CCCCN1CC(=O)N1CC[C@H](c2nn(CCN(C)C)c3ncccc23)C1. The third kappa shape index (κ3) is 4.46. The first kappa shape index (κ1) is 20.3. The van der Waals surface area contributed by atoms with Crippen LogP contribution in [0.2, 0.25) is 0 Å². The predicted molar refractivity (Wildman–Crippen MR) is 115 cm³/mol. The molecule has 2 aromatic rings. The van der Waals surface area contributed by atoms with Gasteiger partial charge < -0.3 is 9.80 Å². The van der Waals surface area contributed by atoms with Gasteiger partial charge in [-0.3, -0.25) is 9.69 Å². The fraction of sp³-hybridized carbons (Fsp3) is 0.682. The molecule has 2 atom stereocenters. The second-order valence-electron chi connectivity index (χ2n) is 8.93. The molecule has 0 N–H and O–H groups in total. The number of pyridine rings is 1. The van der Waals surface area contributed by atoms with Gasteiger partial charge in [0, 0.05) is 43.2 Å². The molecule has 0 radical (unpaired) electrons. The molecule has 2 saturated heterocycles. The summed E-state index contributed by atoms with van der Waals surface area (Å²) in [5, 5.41) is 6.08. The largest absolute Gasteiger partial charge is 0.341 e. The van der Waals surface area contributed by atoms with Crippen LogP contribution in [0.25, 0.3) is 11.0 Å². The number of hydrogen-bond donors (Lipinski definition) is 0. The summed E-state index contributed by atoms with van der Waals surface area (Å²) in [7, 11) is 4.15. The van der Waals surface area contributed by atoms with Crippen LogP contribution < -0.4 is 0 Å². The molecule has 0 aliphatic carbocycles. The van der Waals surface area contributed by atoms with Crippen molar-refractivity contribution in [2.24, 2.45) is 0 Å². The number of hydrogen-bond acceptors (Lipinski definition) is 5. The maximum atomic E-state index is 12.9. The lowest BCUT2D eigenvalue weighted by Crippen LogP contribution is -2.45. The second-order valence-corrected chi connectivity index (χ2v) is 8.93. The Labute approximate surface area is 173 Å². The zero-order chi connectivity index (χ0) is 20.4. The molecule has 4 heterocycles. The van der Waals surface area contributed by atoms with E-state index < -0.39 is 0 Å². The molecular formula is C22H34N6O. The molecule has 1 amide bonds. The first-order valence-electron chi connectivity index (χ1n) is 11.0. The molecular weight excluding hydrogens is 364 g/mol. The summed E-state index contributed by atoms with van der Waals surface area (Å²) >= 11 is 0. The molecule has 2 fully saturated rings. The summed E-state index contributed by atoms with van der Waals surface area (Å²) in [6.07, 6.45) is 6.53. The fourth-order valence-corrected chi connectivity index (χ4v) is 4.66. The third-order valence-corrected chi connectivity index (χ3v) is 6.50. The molecule has 158 valence electrons. The van der Waals surface area contributed by atoms with E-state index in [1.54, 1.807) is 0 Å². The van der Waals surface area contributed by atoms with Crippen molar-refractivity contribution in [3.63, 3.8) is 0 Å². The number of nitrogens with zero attached hydrogens (tertiary/aromatic N) is 6. The Bertz CT molecular complexity index is 847. The van der Waals surface area contributed by atoms with E-state index in [0.29, 0.717) is 18.5 Å². The monoisotopic (exact) mass is 398 g/mol. The minimum atomic E-state index is 0.274. The van der Waals surface area contributed by atoms with E-state index in [1.165, 1.54) is 19.3 Å². The summed E-state index contributed by atoms with van der Waals surface area (Å²) in [6, 6.07) is 4.63. The lowest BCUT2D eigenvalue weighted by Gasteiger charge is -2.33. The van der Waals surface area contributed by atoms with Gasteiger partial charge >= 0.3 is 0 Å². The van der Waals surface area contributed by atoms with E-state index in [-0.39, 0.29) is 5.91 Å². The Morgan fingerprint density at radius 2 is 2.10 bits per heavy atom. The fourth-order valence-electron chi connectivity index (χ4n) is 4.66. The topological polar surface area (TPSA) is 57.5 Å². The van der Waals surface area contributed by atoms with Gasteiger partial charge in [-0.25, -0.2) is 9.67 Å². The molecule has 7 heteroatoms. The average molecular weight is 399 g/mol. The number of carbonyl (C=O) groups is 1. The predicted octanol–water partition coefficient (Wildman–Crippen LogP) is 2.18. The van der Waals surface area contributed by atoms with Crippen molar-refractivity contribution in [1.29, 1.82) is 0 Å². The van der Waals surface area contributed by atoms with Crippen molar-refractivity contribution < 1.29 is 4.79 Å². The highest BCUT2D eigenvalue weighted by Gasteiger charge is 2.32. The molecule has 4 rings (SSSR count). The number of carbonyl (C=O) groups excluding carboxylic acids is 1. The molecule has 0 saturated carbocycles. The van der Waals surface area contributed by atoms with Crippen molar-refractivity contribution in [2.75, 3.05) is 46.8 Å². The smallest absolute Gasteiger partial charge is 0.236 e. The van der Waals surface area contributed by atoms with E-state index in [4.69, 9.17) is 5.10 Å². The summed E-state index contributed by atoms with van der Waals surface area (Å²) in [5.41, 5.74) is 2.06. The first-order chi connectivity index (χ1) is 14.0. The summed E-state index contributed by atoms with van der Waals surface area (Å²) in [4.78, 5) is 24.1. The van der Waals surface area contributed by atoms with Crippen LogP contribution in [0, 0.1) is 0 Å². The van der Waals surface area contributed by atoms with Gasteiger partial charge in [-0.1, -0.05) is 6.42 Å². The number of rotatable bonds is 6. The van der Waals surface area contributed by atoms with Crippen LogP contribution in [0.1, 0.15) is 44.2 Å². The molecule has 29 heavy (non-hydrogen) atoms. The van der Waals surface area contributed by atoms with Gasteiger partial charge in [-0.2, -0.15) is 5.10 Å². The maximum Gasteiger partial charge on any atom is 0.236 e. The van der Waals surface area contributed by atoms with Crippen molar-refractivity contribution in [3.8, 4) is 0 Å². The van der Waals surface area contributed by atoms with Crippen LogP contribution in [0.3, 0.4) is 0 Å². The van der Waals surface area contributed by atoms with Gasteiger partial charge in [0.15, 0.2) is 5.65 Å². The lowest BCUT2D eigenvalue weighted by atomic mass is 10.0. The van der Waals surface area contributed by atoms with E-state index in [1.807, 2.05) is 21.8 Å². The molecule has 0 unspecified atom stereocenters. The number of likely N-dealkylation sites (N-methyl/N-ethyl adjacent to an activating group) is 1. The Balaban J connectivity index is 1.46. The zero-order valence-electron chi connectivity index (χ0n) is 18.0. The van der Waals surface area contributed by atoms with Crippen LogP contribution in [-0.4, -0.2) is 88.2 Å². The quantitative estimate of drug-likeness (QED) is 0.747. The molecule has 0 spiro atoms. The van der Waals surface area contributed by atoms with Crippen molar-refractivity contribution >= 4 is 16.9 Å². The summed E-state index contributed by atoms with van der Waals surface area (Å²) < 4.78 is 2.03. The van der Waals surface area contributed by atoms with Crippen LogP contribution in [0.4, 0.5) is 0 Å². The summed E-state index contributed by atoms with van der Waals surface area (Å²) in [6.45, 7) is 7.22. The van der Waals surface area contributed by atoms with Crippen molar-refractivity contribution in [2.45, 2.75) is 51.1 Å². The second kappa shape index (κ2) is 8.79. The Hall–Kier alpha value is -1.99. The molecule has 2 aliphatic rings. The first-order valence-corrected chi connectivity index (χ1v) is 11.0. The number of fused-ring (bicyclic) bond motifs is 1. The third-order valence-electron chi connectivity index (χ3n) is 6.50. The molecule has 7 nitrogen and oxygen atoms in total. The van der Waals surface area contributed by atoms with Gasteiger partial charge in [-0.15, -0.1) is 0 Å². The van der Waals surface area contributed by atoms with Gasteiger partial charge in [0.05, 0.1) is 18.8 Å². The Morgan fingerprint density at radius 1 is 1.24 bits per heavy atom. The number of piperidine rings is 1. The normalized spacial score (nSPS) is 23.4. The van der Waals surface area contributed by atoms with Crippen LogP contribution in [0.5, 0.6) is 0 Å². The van der Waals surface area contributed by atoms with Crippen molar-refractivity contribution in [3.05, 3.63) is 24.0 Å². The minimum absolute atomic E-state index is 0.274. The molecule has 0 bridgehead atoms. The zero-order valence-corrected chi connectivity index (χ0v) is 18.0. The molecule has 2 aromatic heterocycles. The van der Waals surface area contributed by atoms with Gasteiger partial charge in [0.25, 0.3) is 0 Å². The van der Waals surface area contributed by atoms with Gasteiger partial charge in [-0.05, 0) is 59.0 Å². The van der Waals surface area contributed by atoms with E-state index in [9.17, 15) is 4.79 Å². The van der Waals surface area contributed by atoms with Crippen molar-refractivity contribution in [1.82, 2.24) is 29.5 Å². The van der Waals surface area contributed by atoms with Gasteiger partial charge in [0.2, 0.25) is 5.91 Å². The minimum Gasteiger partial charge on any atom is -0.341 e. The Kier molecular flexibility index (Phi) is 6.15. The highest BCUT2D eigenvalue weighted by Crippen LogP contribution is 2.31. The Morgan fingerprint density at radius 3 is 2.90 bits per heavy atom. The van der Waals surface area contributed by atoms with E-state index in [2.05, 4.69) is 41.9 Å². The highest BCUT2D eigenvalue weighted by atomic mass is 16.2. The van der Waals surface area contributed by atoms with Crippen LogP contribution >= 0.6 is 0 Å². The maximum absolute atomic E-state index is 12.9. The summed E-state index contributed by atoms with van der Waals surface area (Å²) in [5.74, 6) is 0.570. The van der Waals surface area contributed by atoms with Gasteiger partial charge in [0.1, 0.15) is 0 Å². The number of aromatic nitrogens is 3.